The molecule has 2 heterocycles. The van der Waals surface area contributed by atoms with Crippen molar-refractivity contribution in [3.05, 3.63) is 66.2 Å². The summed E-state index contributed by atoms with van der Waals surface area (Å²) in [6, 6.07) is 12.5. The molecule has 0 aliphatic carbocycles. The van der Waals surface area contributed by atoms with E-state index in [1.807, 2.05) is 24.3 Å². The Bertz CT molecular complexity index is 838. The van der Waals surface area contributed by atoms with Crippen LogP contribution in [0, 0.1) is 0 Å². The molecule has 3 rings (SSSR count). The maximum Gasteiger partial charge on any atom is 0.286 e. The van der Waals surface area contributed by atoms with Crippen molar-refractivity contribution in [2.75, 3.05) is 13.1 Å². The van der Waals surface area contributed by atoms with Crippen molar-refractivity contribution >= 4 is 22.7 Å². The second-order valence-corrected chi connectivity index (χ2v) is 5.22. The standard InChI is InChI=1S/C18H17N3O3/c22-17(14-7-1-5-13-6-2-9-19-16(13)14)20-10-4-11-21-18(23)15-8-3-12-24-15/h1-3,5-9,12H,4,10-11H2,(H,20,22)(H,21,23). The Kier molecular flexibility index (Phi) is 4.86. The van der Waals surface area contributed by atoms with E-state index in [4.69, 9.17) is 4.42 Å². The van der Waals surface area contributed by atoms with Crippen LogP contribution in [0.15, 0.2) is 59.3 Å². The maximum absolute atomic E-state index is 12.3. The second-order valence-electron chi connectivity index (χ2n) is 5.22. The molecule has 6 heteroatoms. The number of aromatic nitrogens is 1. The van der Waals surface area contributed by atoms with Crippen molar-refractivity contribution in [1.29, 1.82) is 0 Å². The Labute approximate surface area is 138 Å². The van der Waals surface area contributed by atoms with Gasteiger partial charge >= 0.3 is 0 Å². The average molecular weight is 323 g/mol. The number of carbonyl (C=O) groups excluding carboxylic acids is 2. The molecule has 122 valence electrons. The number of carbonyl (C=O) groups is 2. The van der Waals surface area contributed by atoms with E-state index in [9.17, 15) is 9.59 Å². The van der Waals surface area contributed by atoms with Crippen molar-refractivity contribution in [1.82, 2.24) is 15.6 Å². The summed E-state index contributed by atoms with van der Waals surface area (Å²) < 4.78 is 5.00. The van der Waals surface area contributed by atoms with Crippen LogP contribution in [0.5, 0.6) is 0 Å². The molecule has 2 aromatic heterocycles. The summed E-state index contributed by atoms with van der Waals surface area (Å²) in [7, 11) is 0. The first kappa shape index (κ1) is 15.7. The number of amides is 2. The molecule has 0 aliphatic heterocycles. The van der Waals surface area contributed by atoms with Gasteiger partial charge in [0.05, 0.1) is 17.3 Å². The Hall–Kier alpha value is -3.15. The number of pyridine rings is 1. The van der Waals surface area contributed by atoms with E-state index in [1.165, 1.54) is 6.26 Å². The van der Waals surface area contributed by atoms with Crippen LogP contribution in [-0.4, -0.2) is 29.9 Å². The SMILES string of the molecule is O=C(NCCCNC(=O)c1cccc2cccnc12)c1ccco1. The van der Waals surface area contributed by atoms with Gasteiger partial charge < -0.3 is 15.1 Å². The highest BCUT2D eigenvalue weighted by Crippen LogP contribution is 2.15. The molecular formula is C18H17N3O3. The molecule has 2 amide bonds. The van der Waals surface area contributed by atoms with Gasteiger partial charge in [-0.2, -0.15) is 0 Å². The fraction of sp³-hybridized carbons (Fsp3) is 0.167. The van der Waals surface area contributed by atoms with Crippen LogP contribution in [0.2, 0.25) is 0 Å². The number of furan rings is 1. The van der Waals surface area contributed by atoms with Gasteiger partial charge in [-0.15, -0.1) is 0 Å². The van der Waals surface area contributed by atoms with Gasteiger partial charge in [-0.05, 0) is 30.7 Å². The molecule has 0 spiro atoms. The largest absolute Gasteiger partial charge is 0.459 e. The van der Waals surface area contributed by atoms with Crippen molar-refractivity contribution < 1.29 is 14.0 Å². The first-order valence-corrected chi connectivity index (χ1v) is 7.69. The molecular weight excluding hydrogens is 306 g/mol. The fourth-order valence-electron chi connectivity index (χ4n) is 2.37. The topological polar surface area (TPSA) is 84.2 Å². The molecule has 3 aromatic rings. The van der Waals surface area contributed by atoms with E-state index < -0.39 is 0 Å². The Morgan fingerprint density at radius 2 is 1.75 bits per heavy atom. The van der Waals surface area contributed by atoms with Crippen LogP contribution >= 0.6 is 0 Å². The third kappa shape index (κ3) is 3.60. The van der Waals surface area contributed by atoms with Gasteiger partial charge in [0.25, 0.3) is 11.8 Å². The van der Waals surface area contributed by atoms with E-state index in [0.29, 0.717) is 30.6 Å². The molecule has 0 aliphatic rings. The molecule has 0 atom stereocenters. The summed E-state index contributed by atoms with van der Waals surface area (Å²) in [4.78, 5) is 28.2. The first-order chi connectivity index (χ1) is 11.8. The summed E-state index contributed by atoms with van der Waals surface area (Å²) in [6.07, 6.45) is 3.74. The number of hydrogen-bond donors (Lipinski definition) is 2. The number of nitrogens with one attached hydrogen (secondary N) is 2. The maximum atomic E-state index is 12.3. The van der Waals surface area contributed by atoms with Gasteiger partial charge in [-0.1, -0.05) is 18.2 Å². The third-order valence-corrected chi connectivity index (χ3v) is 3.55. The fourth-order valence-corrected chi connectivity index (χ4v) is 2.37. The van der Waals surface area contributed by atoms with Gasteiger partial charge in [0.1, 0.15) is 0 Å². The smallest absolute Gasteiger partial charge is 0.286 e. The Balaban J connectivity index is 1.48. The number of nitrogens with zero attached hydrogens (tertiary/aromatic N) is 1. The minimum absolute atomic E-state index is 0.170. The van der Waals surface area contributed by atoms with E-state index >= 15 is 0 Å². The number of fused-ring (bicyclic) bond motifs is 1. The van der Waals surface area contributed by atoms with Gasteiger partial charge in [-0.25, -0.2) is 0 Å². The number of para-hydroxylation sites is 1. The molecule has 0 bridgehead atoms. The van der Waals surface area contributed by atoms with E-state index in [-0.39, 0.29) is 17.6 Å². The van der Waals surface area contributed by atoms with Gasteiger partial charge in [0.15, 0.2) is 5.76 Å². The zero-order valence-electron chi connectivity index (χ0n) is 13.0. The summed E-state index contributed by atoms with van der Waals surface area (Å²) in [6.45, 7) is 0.911. The lowest BCUT2D eigenvalue weighted by Crippen LogP contribution is -2.29. The minimum Gasteiger partial charge on any atom is -0.459 e. The first-order valence-electron chi connectivity index (χ1n) is 7.69. The summed E-state index contributed by atoms with van der Waals surface area (Å²) in [5, 5.41) is 6.50. The molecule has 1 aromatic carbocycles. The molecule has 24 heavy (non-hydrogen) atoms. The van der Waals surface area contributed by atoms with E-state index in [1.54, 1.807) is 24.4 Å². The molecule has 0 radical (unpaired) electrons. The minimum atomic E-state index is -0.260. The normalized spacial score (nSPS) is 10.5. The molecule has 0 saturated carbocycles. The lowest BCUT2D eigenvalue weighted by molar-refractivity contribution is 0.0925. The van der Waals surface area contributed by atoms with E-state index in [0.717, 1.165) is 5.39 Å². The van der Waals surface area contributed by atoms with Crippen LogP contribution in [0.4, 0.5) is 0 Å². The number of benzene rings is 1. The highest BCUT2D eigenvalue weighted by molar-refractivity contribution is 6.05. The van der Waals surface area contributed by atoms with Crippen molar-refractivity contribution in [2.45, 2.75) is 6.42 Å². The average Bonchev–Trinajstić information content (AvgIpc) is 3.15. The van der Waals surface area contributed by atoms with Crippen LogP contribution in [0.25, 0.3) is 10.9 Å². The van der Waals surface area contributed by atoms with Gasteiger partial charge in [-0.3, -0.25) is 14.6 Å². The molecule has 2 N–H and O–H groups in total. The summed E-state index contributed by atoms with van der Waals surface area (Å²) in [5.41, 5.74) is 1.23. The van der Waals surface area contributed by atoms with Gasteiger partial charge in [0, 0.05) is 24.7 Å². The molecule has 0 fully saturated rings. The zero-order valence-corrected chi connectivity index (χ0v) is 13.0. The van der Waals surface area contributed by atoms with Crippen LogP contribution in [0.3, 0.4) is 0 Å². The van der Waals surface area contributed by atoms with Gasteiger partial charge in [0.2, 0.25) is 0 Å². The number of rotatable bonds is 6. The van der Waals surface area contributed by atoms with E-state index in [2.05, 4.69) is 15.6 Å². The monoisotopic (exact) mass is 323 g/mol. The second kappa shape index (κ2) is 7.41. The van der Waals surface area contributed by atoms with Crippen LogP contribution < -0.4 is 10.6 Å². The van der Waals surface area contributed by atoms with Crippen molar-refractivity contribution in [2.24, 2.45) is 0 Å². The molecule has 0 saturated heterocycles. The lowest BCUT2D eigenvalue weighted by atomic mass is 10.1. The number of hydrogen-bond acceptors (Lipinski definition) is 4. The highest BCUT2D eigenvalue weighted by Gasteiger charge is 2.10. The molecule has 0 unspecified atom stereocenters. The van der Waals surface area contributed by atoms with Crippen LogP contribution in [0.1, 0.15) is 27.3 Å². The predicted octanol–water partition coefficient (Wildman–Crippen LogP) is 2.38. The summed E-state index contributed by atoms with van der Waals surface area (Å²) in [5.74, 6) is -0.151. The third-order valence-electron chi connectivity index (χ3n) is 3.55. The molecule has 6 nitrogen and oxygen atoms in total. The zero-order chi connectivity index (χ0) is 16.8. The summed E-state index contributed by atoms with van der Waals surface area (Å²) >= 11 is 0. The highest BCUT2D eigenvalue weighted by atomic mass is 16.3. The Morgan fingerprint density at radius 1 is 0.958 bits per heavy atom. The quantitative estimate of drug-likeness (QED) is 0.682. The lowest BCUT2D eigenvalue weighted by Gasteiger charge is -2.08. The van der Waals surface area contributed by atoms with Crippen molar-refractivity contribution in [3.8, 4) is 0 Å². The Morgan fingerprint density at radius 3 is 2.54 bits per heavy atom. The van der Waals surface area contributed by atoms with Crippen LogP contribution in [-0.2, 0) is 0 Å². The van der Waals surface area contributed by atoms with Crippen molar-refractivity contribution in [3.63, 3.8) is 0 Å². The predicted molar refractivity (Wildman–Crippen MR) is 89.7 cm³/mol.